The highest BCUT2D eigenvalue weighted by Crippen LogP contribution is 2.40. The summed E-state index contributed by atoms with van der Waals surface area (Å²) < 4.78 is 39.1. The van der Waals surface area contributed by atoms with Crippen LogP contribution in [-0.4, -0.2) is 31.2 Å². The smallest absolute Gasteiger partial charge is 0.438 e. The number of nitrogens with one attached hydrogen (secondary N) is 1. The fourth-order valence-electron chi connectivity index (χ4n) is 3.69. The third-order valence-corrected chi connectivity index (χ3v) is 7.14. The lowest BCUT2D eigenvalue weighted by molar-refractivity contribution is 0.159. The van der Waals surface area contributed by atoms with Gasteiger partial charge < -0.3 is 10.5 Å². The second kappa shape index (κ2) is 7.45. The third-order valence-electron chi connectivity index (χ3n) is 5.34. The van der Waals surface area contributed by atoms with Crippen LogP contribution in [0.2, 0.25) is 0 Å². The van der Waals surface area contributed by atoms with Gasteiger partial charge in [-0.1, -0.05) is 36.7 Å². The minimum absolute atomic E-state index is 0.0815. The zero-order valence-electron chi connectivity index (χ0n) is 17.5. The lowest BCUT2D eigenvalue weighted by Gasteiger charge is -2.38. The summed E-state index contributed by atoms with van der Waals surface area (Å²) in [6, 6.07) is 11.6. The number of aromatic nitrogens is 2. The Morgan fingerprint density at radius 1 is 1.23 bits per heavy atom. The summed E-state index contributed by atoms with van der Waals surface area (Å²) >= 11 is 0. The first-order valence-electron chi connectivity index (χ1n) is 9.78. The largest absolute Gasteiger partial charge is 0.486 e. The lowest BCUT2D eigenvalue weighted by Crippen LogP contribution is -2.45. The topological polar surface area (TPSA) is 132 Å². The predicted molar refractivity (Wildman–Crippen MR) is 116 cm³/mol. The number of nitrogens with two attached hydrogens (primary N) is 1. The molecule has 3 aromatic rings. The molecule has 2 heterocycles. The molecule has 2 aromatic carbocycles. The number of anilines is 2. The Hall–Kier alpha value is -3.27. The van der Waals surface area contributed by atoms with Crippen molar-refractivity contribution in [3.8, 4) is 5.75 Å². The van der Waals surface area contributed by atoms with E-state index in [1.54, 1.807) is 42.5 Å². The van der Waals surface area contributed by atoms with E-state index in [0.717, 1.165) is 5.56 Å². The van der Waals surface area contributed by atoms with Crippen molar-refractivity contribution < 1.29 is 17.7 Å². The fraction of sp³-hybridized carbons (Fsp3) is 0.333. The molecule has 0 spiro atoms. The molecule has 1 aliphatic heterocycles. The summed E-state index contributed by atoms with van der Waals surface area (Å²) in [7, 11) is -3.85. The van der Waals surface area contributed by atoms with E-state index in [1.165, 1.54) is 4.31 Å². The van der Waals surface area contributed by atoms with E-state index >= 15 is 0 Å². The molecule has 4 rings (SSSR count). The Morgan fingerprint density at radius 2 is 1.94 bits per heavy atom. The molecule has 0 unspecified atom stereocenters. The first kappa shape index (κ1) is 21.0. The van der Waals surface area contributed by atoms with Gasteiger partial charge in [0.2, 0.25) is 0 Å². The van der Waals surface area contributed by atoms with Gasteiger partial charge in [0, 0.05) is 11.1 Å². The zero-order chi connectivity index (χ0) is 22.4. The summed E-state index contributed by atoms with van der Waals surface area (Å²) in [5.74, 6) is 0.153. The summed E-state index contributed by atoms with van der Waals surface area (Å²) in [5.41, 5.74) is 7.10. The van der Waals surface area contributed by atoms with Crippen LogP contribution >= 0.6 is 0 Å². The van der Waals surface area contributed by atoms with Gasteiger partial charge in [0.15, 0.2) is 5.82 Å². The number of aryl methyl sites for hydroxylation is 1. The van der Waals surface area contributed by atoms with Crippen LogP contribution in [0.4, 0.5) is 11.4 Å². The van der Waals surface area contributed by atoms with Crippen molar-refractivity contribution in [2.45, 2.75) is 43.6 Å². The zero-order valence-corrected chi connectivity index (χ0v) is 18.3. The molecule has 3 N–H and O–H groups in total. The van der Waals surface area contributed by atoms with E-state index in [2.05, 4.69) is 14.7 Å². The van der Waals surface area contributed by atoms with Gasteiger partial charge in [-0.05, 0) is 43.7 Å². The predicted octanol–water partition coefficient (Wildman–Crippen LogP) is 2.58. The highest BCUT2D eigenvalue weighted by Gasteiger charge is 2.38. The number of benzene rings is 2. The maximum absolute atomic E-state index is 13.5. The van der Waals surface area contributed by atoms with Crippen molar-refractivity contribution >= 4 is 21.4 Å². The highest BCUT2D eigenvalue weighted by molar-refractivity contribution is 7.92. The number of sulfonamides is 1. The van der Waals surface area contributed by atoms with Crippen LogP contribution in [0.15, 0.2) is 56.7 Å². The Labute approximate surface area is 179 Å². The summed E-state index contributed by atoms with van der Waals surface area (Å²) in [5, 5.41) is 3.79. The number of nitrogens with zero attached hydrogens (tertiary/aromatic N) is 2. The number of hydrogen-bond acceptors (Lipinski definition) is 7. The van der Waals surface area contributed by atoms with E-state index in [4.69, 9.17) is 10.5 Å². The lowest BCUT2D eigenvalue weighted by atomic mass is 9.85. The van der Waals surface area contributed by atoms with Gasteiger partial charge >= 0.3 is 5.76 Å². The number of fused-ring (bicyclic) bond motifs is 1. The molecule has 0 aliphatic carbocycles. The molecular formula is C21H24N4O5S. The summed E-state index contributed by atoms with van der Waals surface area (Å²) in [4.78, 5) is 14.1. The SMILES string of the molecule is Cc1ccc(S(=O)(=O)N2C[C@H](CC(C)(C)c3noc(=O)[nH]3)Oc3ccc(N)cc32)cc1. The van der Waals surface area contributed by atoms with Crippen molar-refractivity contribution in [1.29, 1.82) is 0 Å². The number of H-pyrrole nitrogens is 1. The van der Waals surface area contributed by atoms with Crippen LogP contribution in [0.1, 0.15) is 31.7 Å². The molecule has 1 aromatic heterocycles. The Balaban J connectivity index is 1.72. The molecule has 1 atom stereocenters. The molecule has 0 radical (unpaired) electrons. The molecule has 1 aliphatic rings. The van der Waals surface area contributed by atoms with Crippen LogP contribution in [0.25, 0.3) is 0 Å². The normalized spacial score (nSPS) is 16.6. The van der Waals surface area contributed by atoms with Crippen LogP contribution in [0.3, 0.4) is 0 Å². The second-order valence-electron chi connectivity index (χ2n) is 8.35. The summed E-state index contributed by atoms with van der Waals surface area (Å²) in [6.07, 6.45) is -0.106. The van der Waals surface area contributed by atoms with Gasteiger partial charge in [-0.3, -0.25) is 13.8 Å². The standard InChI is InChI=1S/C21H24N4O5S/c1-13-4-7-16(8-5-13)31(27,28)25-12-15(29-18-9-6-14(22)10-17(18)25)11-21(2,3)19-23-20(26)30-24-19/h4-10,15H,11-12,22H2,1-3H3,(H,23,24,26)/t15-/m0/s1. The van der Waals surface area contributed by atoms with Crippen molar-refractivity contribution in [3.05, 3.63) is 64.4 Å². The van der Waals surface area contributed by atoms with Gasteiger partial charge in [0.05, 0.1) is 17.1 Å². The molecule has 31 heavy (non-hydrogen) atoms. The van der Waals surface area contributed by atoms with Crippen LogP contribution in [0, 0.1) is 6.92 Å². The Morgan fingerprint density at radius 3 is 2.58 bits per heavy atom. The van der Waals surface area contributed by atoms with Crippen LogP contribution in [-0.2, 0) is 15.4 Å². The van der Waals surface area contributed by atoms with Gasteiger partial charge in [0.1, 0.15) is 11.9 Å². The van der Waals surface area contributed by atoms with E-state index < -0.39 is 27.3 Å². The van der Waals surface area contributed by atoms with Gasteiger partial charge in [-0.25, -0.2) is 13.2 Å². The van der Waals surface area contributed by atoms with E-state index in [9.17, 15) is 13.2 Å². The minimum Gasteiger partial charge on any atom is -0.486 e. The number of aromatic amines is 1. The van der Waals surface area contributed by atoms with E-state index in [-0.39, 0.29) is 11.4 Å². The third kappa shape index (κ3) is 4.02. The number of rotatable bonds is 5. The maximum Gasteiger partial charge on any atom is 0.438 e. The quantitative estimate of drug-likeness (QED) is 0.578. The van der Waals surface area contributed by atoms with Gasteiger partial charge in [0.25, 0.3) is 10.0 Å². The Kier molecular flexibility index (Phi) is 5.04. The van der Waals surface area contributed by atoms with Crippen molar-refractivity contribution in [3.63, 3.8) is 0 Å². The average molecular weight is 445 g/mol. The second-order valence-corrected chi connectivity index (χ2v) is 10.2. The number of hydrogen-bond donors (Lipinski definition) is 2. The average Bonchev–Trinajstić information content (AvgIpc) is 3.15. The fourth-order valence-corrected chi connectivity index (χ4v) is 5.19. The van der Waals surface area contributed by atoms with E-state index in [0.29, 0.717) is 29.4 Å². The van der Waals surface area contributed by atoms with Crippen LogP contribution < -0.4 is 20.5 Å². The number of ether oxygens (including phenoxy) is 1. The molecule has 0 saturated carbocycles. The maximum atomic E-state index is 13.5. The first-order valence-corrected chi connectivity index (χ1v) is 11.2. The minimum atomic E-state index is -3.85. The molecule has 9 nitrogen and oxygen atoms in total. The molecule has 164 valence electrons. The molecular weight excluding hydrogens is 420 g/mol. The first-order chi connectivity index (χ1) is 14.6. The van der Waals surface area contributed by atoms with E-state index in [1.807, 2.05) is 20.8 Å². The number of nitrogen functional groups attached to an aromatic ring is 1. The van der Waals surface area contributed by atoms with Gasteiger partial charge in [-0.15, -0.1) is 0 Å². The van der Waals surface area contributed by atoms with Crippen molar-refractivity contribution in [2.75, 3.05) is 16.6 Å². The van der Waals surface area contributed by atoms with Crippen molar-refractivity contribution in [2.24, 2.45) is 0 Å². The molecule has 0 fully saturated rings. The molecule has 0 amide bonds. The molecule has 0 bridgehead atoms. The summed E-state index contributed by atoms with van der Waals surface area (Å²) in [6.45, 7) is 5.73. The molecule has 0 saturated heterocycles. The van der Waals surface area contributed by atoms with Gasteiger partial charge in [-0.2, -0.15) is 0 Å². The monoisotopic (exact) mass is 444 g/mol. The molecule has 10 heteroatoms. The van der Waals surface area contributed by atoms with Crippen molar-refractivity contribution in [1.82, 2.24) is 10.1 Å². The van der Waals surface area contributed by atoms with Crippen LogP contribution in [0.5, 0.6) is 5.75 Å². The Bertz CT molecular complexity index is 1260. The highest BCUT2D eigenvalue weighted by atomic mass is 32.2.